The summed E-state index contributed by atoms with van der Waals surface area (Å²) in [7, 11) is 0. The van der Waals surface area contributed by atoms with Crippen molar-refractivity contribution in [3.8, 4) is 0 Å². The van der Waals surface area contributed by atoms with Crippen LogP contribution in [0.4, 0.5) is 0 Å². The number of carbonyl (C=O) groups excluding carboxylic acids is 1. The van der Waals surface area contributed by atoms with Crippen LogP contribution >= 0.6 is 0 Å². The Labute approximate surface area is 70.1 Å². The molecule has 0 aliphatic carbocycles. The minimum absolute atomic E-state index is 0.121. The van der Waals surface area contributed by atoms with Gasteiger partial charge in [0.05, 0.1) is 6.61 Å². The second-order valence-corrected chi connectivity index (χ2v) is 2.84. The van der Waals surface area contributed by atoms with E-state index in [0.29, 0.717) is 6.61 Å². The maximum absolute atomic E-state index is 10.6. The average molecular weight is 170 g/mol. The molecule has 2 aliphatic heterocycles. The molecule has 2 aliphatic rings. The lowest BCUT2D eigenvalue weighted by Gasteiger charge is -2.21. The minimum atomic E-state index is -0.293. The molecule has 4 heteroatoms. The maximum Gasteiger partial charge on any atom is 0.303 e. The van der Waals surface area contributed by atoms with Crippen LogP contribution in [0.25, 0.3) is 0 Å². The van der Waals surface area contributed by atoms with Crippen LogP contribution in [-0.4, -0.2) is 31.1 Å². The molecule has 2 bridgehead atoms. The molecule has 2 rings (SSSR count). The predicted octanol–water partition coefficient (Wildman–Crippen LogP) is 0.229. The van der Waals surface area contributed by atoms with Gasteiger partial charge in [0.25, 0.3) is 0 Å². The number of carbonyl (C=O) groups is 1. The summed E-state index contributed by atoms with van der Waals surface area (Å²) in [6.45, 7) is 1.88. The van der Waals surface area contributed by atoms with Gasteiger partial charge in [-0.2, -0.15) is 0 Å². The molecule has 2 heterocycles. The molecule has 12 heavy (non-hydrogen) atoms. The number of esters is 1. The van der Waals surface area contributed by atoms with Crippen LogP contribution in [0.2, 0.25) is 0 Å². The molecule has 0 aromatic rings. The topological polar surface area (TPSA) is 44.8 Å². The van der Waals surface area contributed by atoms with Gasteiger partial charge in [0.2, 0.25) is 0 Å². The van der Waals surface area contributed by atoms with E-state index < -0.39 is 0 Å². The summed E-state index contributed by atoms with van der Waals surface area (Å²) >= 11 is 0. The second kappa shape index (κ2) is 2.88. The van der Waals surface area contributed by atoms with Crippen LogP contribution in [0.15, 0.2) is 12.2 Å². The van der Waals surface area contributed by atoms with Crippen molar-refractivity contribution in [2.75, 3.05) is 6.61 Å². The first kappa shape index (κ1) is 7.76. The van der Waals surface area contributed by atoms with Crippen molar-refractivity contribution in [2.24, 2.45) is 0 Å². The number of fused-ring (bicyclic) bond motifs is 2. The number of hydrogen-bond acceptors (Lipinski definition) is 4. The zero-order chi connectivity index (χ0) is 8.55. The molecule has 0 radical (unpaired) electrons. The Hall–Kier alpha value is -0.870. The molecule has 66 valence electrons. The highest BCUT2D eigenvalue weighted by Gasteiger charge is 2.35. The van der Waals surface area contributed by atoms with Crippen LogP contribution in [0.5, 0.6) is 0 Å². The molecule has 0 aromatic heterocycles. The van der Waals surface area contributed by atoms with Gasteiger partial charge >= 0.3 is 5.97 Å². The fraction of sp³-hybridized carbons (Fsp3) is 0.625. The van der Waals surface area contributed by atoms with Gasteiger partial charge in [-0.25, -0.2) is 0 Å². The Bertz CT molecular complexity index is 223. The van der Waals surface area contributed by atoms with Gasteiger partial charge in [-0.3, -0.25) is 4.79 Å². The van der Waals surface area contributed by atoms with Gasteiger partial charge in [-0.05, 0) is 12.2 Å². The molecule has 3 atom stereocenters. The van der Waals surface area contributed by atoms with Crippen LogP contribution < -0.4 is 0 Å². The standard InChI is InChI=1S/C8H10O4/c1-5(9)11-6-2-3-8-10-4-7(6)12-8/h2-3,6-8H,4H2,1H3/t6-,7+,8+/m0/s1. The predicted molar refractivity (Wildman–Crippen MR) is 39.3 cm³/mol. The van der Waals surface area contributed by atoms with E-state index >= 15 is 0 Å². The van der Waals surface area contributed by atoms with E-state index in [1.54, 1.807) is 6.08 Å². The van der Waals surface area contributed by atoms with Gasteiger partial charge < -0.3 is 14.2 Å². The van der Waals surface area contributed by atoms with E-state index in [-0.39, 0.29) is 24.5 Å². The molecular weight excluding hydrogens is 160 g/mol. The molecular formula is C8H10O4. The smallest absolute Gasteiger partial charge is 0.303 e. The Kier molecular flexibility index (Phi) is 1.86. The third kappa shape index (κ3) is 1.35. The third-order valence-corrected chi connectivity index (χ3v) is 1.86. The first-order chi connectivity index (χ1) is 5.75. The van der Waals surface area contributed by atoms with Gasteiger partial charge in [0.15, 0.2) is 6.29 Å². The summed E-state index contributed by atoms with van der Waals surface area (Å²) in [5.41, 5.74) is 0. The van der Waals surface area contributed by atoms with Crippen LogP contribution in [0.1, 0.15) is 6.92 Å². The molecule has 4 nitrogen and oxygen atoms in total. The number of hydrogen-bond donors (Lipinski definition) is 0. The van der Waals surface area contributed by atoms with Crippen molar-refractivity contribution in [3.63, 3.8) is 0 Å². The Balaban J connectivity index is 2.02. The Morgan fingerprint density at radius 2 is 2.42 bits per heavy atom. The molecule has 0 N–H and O–H groups in total. The molecule has 0 amide bonds. The van der Waals surface area contributed by atoms with Gasteiger partial charge in [0, 0.05) is 6.92 Å². The fourth-order valence-corrected chi connectivity index (χ4v) is 1.34. The highest BCUT2D eigenvalue weighted by molar-refractivity contribution is 5.66. The summed E-state index contributed by atoms with van der Waals surface area (Å²) in [5.74, 6) is -0.293. The number of ether oxygens (including phenoxy) is 3. The lowest BCUT2D eigenvalue weighted by molar-refractivity contribution is -0.151. The summed E-state index contributed by atoms with van der Waals surface area (Å²) in [4.78, 5) is 10.6. The highest BCUT2D eigenvalue weighted by atomic mass is 16.7. The van der Waals surface area contributed by atoms with Crippen molar-refractivity contribution in [1.82, 2.24) is 0 Å². The second-order valence-electron chi connectivity index (χ2n) is 2.84. The first-order valence-corrected chi connectivity index (χ1v) is 3.88. The van der Waals surface area contributed by atoms with Crippen LogP contribution in [0.3, 0.4) is 0 Å². The SMILES string of the molecule is CC(=O)O[C@H]1C=C[C@@H]2OC[C@H]1O2. The van der Waals surface area contributed by atoms with Crippen molar-refractivity contribution in [3.05, 3.63) is 12.2 Å². The van der Waals surface area contributed by atoms with E-state index in [2.05, 4.69) is 0 Å². The van der Waals surface area contributed by atoms with E-state index in [0.717, 1.165) is 0 Å². The fourth-order valence-electron chi connectivity index (χ4n) is 1.34. The van der Waals surface area contributed by atoms with Crippen molar-refractivity contribution < 1.29 is 19.0 Å². The van der Waals surface area contributed by atoms with Crippen LogP contribution in [-0.2, 0) is 19.0 Å². The molecule has 1 saturated heterocycles. The van der Waals surface area contributed by atoms with Gasteiger partial charge in [-0.15, -0.1) is 0 Å². The number of rotatable bonds is 1. The zero-order valence-corrected chi connectivity index (χ0v) is 6.73. The quantitative estimate of drug-likeness (QED) is 0.417. The van der Waals surface area contributed by atoms with Gasteiger partial charge in [0.1, 0.15) is 12.2 Å². The third-order valence-electron chi connectivity index (χ3n) is 1.86. The normalized spacial score (nSPS) is 38.2. The van der Waals surface area contributed by atoms with E-state index in [1.807, 2.05) is 6.08 Å². The monoisotopic (exact) mass is 170 g/mol. The van der Waals surface area contributed by atoms with Crippen molar-refractivity contribution in [2.45, 2.75) is 25.4 Å². The Morgan fingerprint density at radius 1 is 1.58 bits per heavy atom. The first-order valence-electron chi connectivity index (χ1n) is 3.88. The van der Waals surface area contributed by atoms with E-state index in [1.165, 1.54) is 6.92 Å². The highest BCUT2D eigenvalue weighted by Crippen LogP contribution is 2.23. The summed E-state index contributed by atoms with van der Waals surface area (Å²) < 4.78 is 15.5. The Morgan fingerprint density at radius 3 is 3.17 bits per heavy atom. The van der Waals surface area contributed by atoms with Crippen molar-refractivity contribution >= 4 is 5.97 Å². The lowest BCUT2D eigenvalue weighted by Crippen LogP contribution is -2.33. The summed E-state index contributed by atoms with van der Waals surface area (Å²) in [6.07, 6.45) is 2.94. The van der Waals surface area contributed by atoms with Gasteiger partial charge in [-0.1, -0.05) is 0 Å². The van der Waals surface area contributed by atoms with Crippen molar-refractivity contribution in [1.29, 1.82) is 0 Å². The molecule has 0 unspecified atom stereocenters. The molecule has 0 aromatic carbocycles. The average Bonchev–Trinajstić information content (AvgIpc) is 2.39. The largest absolute Gasteiger partial charge is 0.455 e. The lowest BCUT2D eigenvalue weighted by atomic mass is 10.2. The molecule has 1 fully saturated rings. The molecule has 0 saturated carbocycles. The summed E-state index contributed by atoms with van der Waals surface area (Å²) in [5, 5.41) is 0. The summed E-state index contributed by atoms with van der Waals surface area (Å²) in [6, 6.07) is 0. The zero-order valence-electron chi connectivity index (χ0n) is 6.73. The van der Waals surface area contributed by atoms with Crippen LogP contribution in [0, 0.1) is 0 Å². The molecule has 0 spiro atoms. The van der Waals surface area contributed by atoms with E-state index in [4.69, 9.17) is 14.2 Å². The van der Waals surface area contributed by atoms with E-state index in [9.17, 15) is 4.79 Å². The minimum Gasteiger partial charge on any atom is -0.455 e. The maximum atomic E-state index is 10.6.